The summed E-state index contributed by atoms with van der Waals surface area (Å²) in [5.41, 5.74) is 1.41. The van der Waals surface area contributed by atoms with Gasteiger partial charge in [0.15, 0.2) is 0 Å². The minimum absolute atomic E-state index is 0.436. The van der Waals surface area contributed by atoms with Crippen LogP contribution in [0.3, 0.4) is 0 Å². The third-order valence-electron chi connectivity index (χ3n) is 3.37. The largest absolute Gasteiger partial charge is 0.378 e. The quantitative estimate of drug-likeness (QED) is 0.839. The first-order valence-corrected chi connectivity index (χ1v) is 6.21. The van der Waals surface area contributed by atoms with E-state index in [1.165, 1.54) is 5.56 Å². The van der Waals surface area contributed by atoms with Crippen LogP contribution < -0.4 is 5.32 Å². The van der Waals surface area contributed by atoms with Gasteiger partial charge in [0, 0.05) is 12.6 Å². The van der Waals surface area contributed by atoms with E-state index in [0.717, 1.165) is 32.3 Å². The molecule has 1 N–H and O–H groups in total. The van der Waals surface area contributed by atoms with E-state index in [4.69, 9.17) is 4.74 Å². The molecule has 1 aliphatic heterocycles. The third kappa shape index (κ3) is 3.32. The molecular weight excluding hydrogens is 198 g/mol. The highest BCUT2D eigenvalue weighted by Crippen LogP contribution is 2.18. The summed E-state index contributed by atoms with van der Waals surface area (Å²) in [5.74, 6) is 0. The van der Waals surface area contributed by atoms with Crippen molar-refractivity contribution in [2.45, 2.75) is 37.8 Å². The summed E-state index contributed by atoms with van der Waals surface area (Å²) in [6.07, 6.45) is 5.01. The molecule has 2 nitrogen and oxygen atoms in total. The lowest BCUT2D eigenvalue weighted by atomic mass is 9.98. The smallest absolute Gasteiger partial charge is 0.0593 e. The van der Waals surface area contributed by atoms with Gasteiger partial charge in [0.05, 0.1) is 6.10 Å². The molecule has 0 bridgehead atoms. The zero-order valence-electron chi connectivity index (χ0n) is 9.99. The Labute approximate surface area is 98.0 Å². The minimum Gasteiger partial charge on any atom is -0.378 e. The average Bonchev–Trinajstić information content (AvgIpc) is 2.38. The molecule has 1 aliphatic rings. The highest BCUT2D eigenvalue weighted by atomic mass is 16.5. The van der Waals surface area contributed by atoms with Crippen LogP contribution in [0, 0.1) is 0 Å². The standard InChI is InChI=1S/C14H21NO/c1-15-13-9-10-16-14(11-13)8-7-12-5-3-2-4-6-12/h2-6,13-15H,7-11H2,1H3. The summed E-state index contributed by atoms with van der Waals surface area (Å²) < 4.78 is 5.79. The highest BCUT2D eigenvalue weighted by molar-refractivity contribution is 5.14. The lowest BCUT2D eigenvalue weighted by Gasteiger charge is -2.29. The van der Waals surface area contributed by atoms with Crippen LogP contribution in [0.2, 0.25) is 0 Å². The Hall–Kier alpha value is -0.860. The fraction of sp³-hybridized carbons (Fsp3) is 0.571. The maximum Gasteiger partial charge on any atom is 0.0593 e. The van der Waals surface area contributed by atoms with Crippen LogP contribution in [0.4, 0.5) is 0 Å². The minimum atomic E-state index is 0.436. The van der Waals surface area contributed by atoms with Gasteiger partial charge in [-0.05, 0) is 38.3 Å². The van der Waals surface area contributed by atoms with Gasteiger partial charge in [0.2, 0.25) is 0 Å². The Bertz CT molecular complexity index is 299. The van der Waals surface area contributed by atoms with E-state index < -0.39 is 0 Å². The van der Waals surface area contributed by atoms with Gasteiger partial charge in [0.1, 0.15) is 0 Å². The zero-order valence-corrected chi connectivity index (χ0v) is 9.99. The summed E-state index contributed by atoms with van der Waals surface area (Å²) in [6.45, 7) is 0.908. The van der Waals surface area contributed by atoms with Crippen molar-refractivity contribution in [1.29, 1.82) is 0 Å². The van der Waals surface area contributed by atoms with Crippen molar-refractivity contribution in [2.75, 3.05) is 13.7 Å². The van der Waals surface area contributed by atoms with Crippen LogP contribution in [0.1, 0.15) is 24.8 Å². The Morgan fingerprint density at radius 1 is 1.31 bits per heavy atom. The van der Waals surface area contributed by atoms with E-state index in [2.05, 4.69) is 35.6 Å². The molecule has 0 spiro atoms. The molecule has 0 radical (unpaired) electrons. The van der Waals surface area contributed by atoms with Crippen LogP contribution in [-0.2, 0) is 11.2 Å². The van der Waals surface area contributed by atoms with Gasteiger partial charge < -0.3 is 10.1 Å². The normalized spacial score (nSPS) is 25.6. The molecule has 1 aromatic carbocycles. The lowest BCUT2D eigenvalue weighted by Crippen LogP contribution is -2.37. The number of aryl methyl sites for hydroxylation is 1. The van der Waals surface area contributed by atoms with Gasteiger partial charge in [-0.2, -0.15) is 0 Å². The first-order valence-electron chi connectivity index (χ1n) is 6.21. The Morgan fingerprint density at radius 3 is 2.88 bits per heavy atom. The van der Waals surface area contributed by atoms with Crippen molar-refractivity contribution in [2.24, 2.45) is 0 Å². The Morgan fingerprint density at radius 2 is 2.12 bits per heavy atom. The highest BCUT2D eigenvalue weighted by Gasteiger charge is 2.20. The van der Waals surface area contributed by atoms with E-state index >= 15 is 0 Å². The van der Waals surface area contributed by atoms with Crippen LogP contribution >= 0.6 is 0 Å². The number of rotatable bonds is 4. The molecule has 0 aliphatic carbocycles. The van der Waals surface area contributed by atoms with Gasteiger partial charge in [-0.3, -0.25) is 0 Å². The molecule has 0 saturated carbocycles. The predicted octanol–water partition coefficient (Wildman–Crippen LogP) is 2.39. The first kappa shape index (κ1) is 11.6. The van der Waals surface area contributed by atoms with Crippen molar-refractivity contribution in [1.82, 2.24) is 5.32 Å². The molecule has 2 unspecified atom stereocenters. The topological polar surface area (TPSA) is 21.3 Å². The summed E-state index contributed by atoms with van der Waals surface area (Å²) in [4.78, 5) is 0. The number of nitrogens with one attached hydrogen (secondary N) is 1. The second-order valence-electron chi connectivity index (χ2n) is 4.53. The number of hydrogen-bond donors (Lipinski definition) is 1. The van der Waals surface area contributed by atoms with Crippen LogP contribution in [0.25, 0.3) is 0 Å². The number of hydrogen-bond acceptors (Lipinski definition) is 2. The van der Waals surface area contributed by atoms with Crippen LogP contribution in [-0.4, -0.2) is 25.8 Å². The summed E-state index contributed by atoms with van der Waals surface area (Å²) in [6, 6.07) is 11.3. The molecule has 1 heterocycles. The summed E-state index contributed by atoms with van der Waals surface area (Å²) in [5, 5.41) is 3.35. The van der Waals surface area contributed by atoms with Gasteiger partial charge in [-0.15, -0.1) is 0 Å². The number of ether oxygens (including phenoxy) is 1. The predicted molar refractivity (Wildman–Crippen MR) is 66.6 cm³/mol. The SMILES string of the molecule is CNC1CCOC(CCc2ccccc2)C1. The summed E-state index contributed by atoms with van der Waals surface area (Å²) >= 11 is 0. The van der Waals surface area contributed by atoms with Gasteiger partial charge in [-0.25, -0.2) is 0 Å². The van der Waals surface area contributed by atoms with E-state index in [1.54, 1.807) is 0 Å². The van der Waals surface area contributed by atoms with Crippen molar-refractivity contribution in [3.8, 4) is 0 Å². The monoisotopic (exact) mass is 219 g/mol. The first-order chi connectivity index (χ1) is 7.88. The van der Waals surface area contributed by atoms with Crippen LogP contribution in [0.5, 0.6) is 0 Å². The second-order valence-corrected chi connectivity index (χ2v) is 4.53. The molecule has 0 aromatic heterocycles. The van der Waals surface area contributed by atoms with Gasteiger partial charge in [0.25, 0.3) is 0 Å². The molecule has 2 rings (SSSR count). The second kappa shape index (κ2) is 6.02. The maximum atomic E-state index is 5.79. The molecule has 0 amide bonds. The van der Waals surface area contributed by atoms with E-state index in [-0.39, 0.29) is 0 Å². The maximum absolute atomic E-state index is 5.79. The summed E-state index contributed by atoms with van der Waals surface area (Å²) in [7, 11) is 2.05. The van der Waals surface area contributed by atoms with Crippen molar-refractivity contribution in [3.63, 3.8) is 0 Å². The molecule has 1 aromatic rings. The Balaban J connectivity index is 1.77. The lowest BCUT2D eigenvalue weighted by molar-refractivity contribution is -0.00136. The molecule has 1 saturated heterocycles. The van der Waals surface area contributed by atoms with Crippen LogP contribution in [0.15, 0.2) is 30.3 Å². The van der Waals surface area contributed by atoms with Gasteiger partial charge in [-0.1, -0.05) is 30.3 Å². The molecular formula is C14H21NO. The van der Waals surface area contributed by atoms with Crippen molar-refractivity contribution in [3.05, 3.63) is 35.9 Å². The third-order valence-corrected chi connectivity index (χ3v) is 3.37. The molecule has 88 valence electrons. The number of benzene rings is 1. The fourth-order valence-electron chi connectivity index (χ4n) is 2.32. The van der Waals surface area contributed by atoms with E-state index in [0.29, 0.717) is 12.1 Å². The Kier molecular flexibility index (Phi) is 4.37. The average molecular weight is 219 g/mol. The molecule has 2 heteroatoms. The zero-order chi connectivity index (χ0) is 11.2. The van der Waals surface area contributed by atoms with Gasteiger partial charge >= 0.3 is 0 Å². The molecule has 16 heavy (non-hydrogen) atoms. The fourth-order valence-corrected chi connectivity index (χ4v) is 2.32. The molecule has 1 fully saturated rings. The molecule has 2 atom stereocenters. The van der Waals surface area contributed by atoms with E-state index in [9.17, 15) is 0 Å². The van der Waals surface area contributed by atoms with Crippen molar-refractivity contribution >= 4 is 0 Å². The van der Waals surface area contributed by atoms with Crippen molar-refractivity contribution < 1.29 is 4.74 Å². The van der Waals surface area contributed by atoms with E-state index in [1.807, 2.05) is 7.05 Å².